The maximum Gasteiger partial charge on any atom is 0.293 e. The Kier molecular flexibility index (Phi) is 6.57. The van der Waals surface area contributed by atoms with Crippen molar-refractivity contribution in [2.75, 3.05) is 39.3 Å². The van der Waals surface area contributed by atoms with Crippen LogP contribution >= 0.6 is 11.6 Å². The number of piperazine rings is 1. The smallest absolute Gasteiger partial charge is 0.293 e. The van der Waals surface area contributed by atoms with Crippen LogP contribution < -0.4 is 0 Å². The summed E-state index contributed by atoms with van der Waals surface area (Å²) in [4.78, 5) is 18.7. The SMILES string of the molecule is CCN(CC)S(=O)(=O)N1CCN(C(=O)c2nc(C)n(-c3ccc(Cl)cc3)n2)CC1. The summed E-state index contributed by atoms with van der Waals surface area (Å²) in [6.45, 7) is 7.34. The second-order valence-electron chi connectivity index (χ2n) is 6.65. The van der Waals surface area contributed by atoms with Crippen LogP contribution in [0.25, 0.3) is 5.69 Å². The molecule has 29 heavy (non-hydrogen) atoms. The number of aromatic nitrogens is 3. The second kappa shape index (κ2) is 8.78. The number of hydrogen-bond acceptors (Lipinski definition) is 5. The van der Waals surface area contributed by atoms with Gasteiger partial charge in [0.05, 0.1) is 5.69 Å². The van der Waals surface area contributed by atoms with Crippen molar-refractivity contribution in [2.24, 2.45) is 0 Å². The molecule has 0 saturated carbocycles. The molecule has 158 valence electrons. The molecule has 1 aliphatic heterocycles. The van der Waals surface area contributed by atoms with Crippen molar-refractivity contribution >= 4 is 27.7 Å². The van der Waals surface area contributed by atoms with Crippen LogP contribution in [0.5, 0.6) is 0 Å². The standard InChI is InChI=1S/C18H25ClN6O3S/c1-4-23(5-2)29(27,28)24-12-10-22(11-13-24)18(26)17-20-14(3)25(21-17)16-8-6-15(19)7-9-16/h6-9H,4-5,10-13H2,1-3H3. The maximum absolute atomic E-state index is 12.8. The average molecular weight is 441 g/mol. The Bertz CT molecular complexity index is 964. The van der Waals surface area contributed by atoms with Crippen molar-refractivity contribution in [3.05, 3.63) is 40.9 Å². The van der Waals surface area contributed by atoms with Gasteiger partial charge in [0.15, 0.2) is 0 Å². The van der Waals surface area contributed by atoms with Crippen LogP contribution in [-0.2, 0) is 10.2 Å². The van der Waals surface area contributed by atoms with E-state index in [1.165, 1.54) is 8.61 Å². The first-order valence-electron chi connectivity index (χ1n) is 9.52. The Balaban J connectivity index is 1.70. The topological polar surface area (TPSA) is 91.6 Å². The molecule has 1 fully saturated rings. The number of amides is 1. The van der Waals surface area contributed by atoms with Gasteiger partial charge in [-0.3, -0.25) is 4.79 Å². The first kappa shape index (κ1) is 21.7. The van der Waals surface area contributed by atoms with Gasteiger partial charge in [-0.25, -0.2) is 9.67 Å². The Morgan fingerprint density at radius 3 is 2.24 bits per heavy atom. The van der Waals surface area contributed by atoms with Crippen molar-refractivity contribution in [3.63, 3.8) is 0 Å². The third kappa shape index (κ3) is 4.45. The number of benzene rings is 1. The molecule has 1 amide bonds. The van der Waals surface area contributed by atoms with Crippen LogP contribution in [0.1, 0.15) is 30.3 Å². The fraction of sp³-hybridized carbons (Fsp3) is 0.500. The molecule has 0 spiro atoms. The fourth-order valence-corrected chi connectivity index (χ4v) is 5.01. The molecule has 0 atom stereocenters. The molecule has 1 aromatic heterocycles. The van der Waals surface area contributed by atoms with Gasteiger partial charge in [-0.15, -0.1) is 5.10 Å². The van der Waals surface area contributed by atoms with Crippen LogP contribution in [0.3, 0.4) is 0 Å². The molecule has 11 heteroatoms. The molecule has 9 nitrogen and oxygen atoms in total. The minimum absolute atomic E-state index is 0.0949. The van der Waals surface area contributed by atoms with E-state index in [1.54, 1.807) is 40.8 Å². The second-order valence-corrected chi connectivity index (χ2v) is 9.02. The van der Waals surface area contributed by atoms with Crippen LogP contribution in [0.2, 0.25) is 5.02 Å². The van der Waals surface area contributed by atoms with Gasteiger partial charge in [0.2, 0.25) is 5.82 Å². The van der Waals surface area contributed by atoms with Gasteiger partial charge in [0.25, 0.3) is 16.1 Å². The van der Waals surface area contributed by atoms with Crippen LogP contribution in [0.4, 0.5) is 0 Å². The first-order valence-corrected chi connectivity index (χ1v) is 11.3. The highest BCUT2D eigenvalue weighted by atomic mass is 35.5. The van der Waals surface area contributed by atoms with Gasteiger partial charge in [-0.1, -0.05) is 25.4 Å². The molecule has 3 rings (SSSR count). The molecule has 2 heterocycles. The Hall–Kier alpha value is -2.01. The first-order chi connectivity index (χ1) is 13.8. The van der Waals surface area contributed by atoms with Gasteiger partial charge in [0.1, 0.15) is 5.82 Å². The predicted octanol–water partition coefficient (Wildman–Crippen LogP) is 1.57. The molecular formula is C18H25ClN6O3S. The van der Waals surface area contributed by atoms with Crippen molar-refractivity contribution in [1.82, 2.24) is 28.3 Å². The van der Waals surface area contributed by atoms with E-state index in [4.69, 9.17) is 11.6 Å². The van der Waals surface area contributed by atoms with E-state index in [0.717, 1.165) is 5.69 Å². The van der Waals surface area contributed by atoms with E-state index in [0.29, 0.717) is 37.0 Å². The zero-order valence-electron chi connectivity index (χ0n) is 16.7. The highest BCUT2D eigenvalue weighted by Crippen LogP contribution is 2.16. The monoisotopic (exact) mass is 440 g/mol. The van der Waals surface area contributed by atoms with Gasteiger partial charge >= 0.3 is 0 Å². The molecule has 1 aliphatic rings. The average Bonchev–Trinajstić information content (AvgIpc) is 3.10. The lowest BCUT2D eigenvalue weighted by Crippen LogP contribution is -2.54. The molecule has 2 aromatic rings. The van der Waals surface area contributed by atoms with Gasteiger partial charge in [-0.05, 0) is 31.2 Å². The van der Waals surface area contributed by atoms with Crippen molar-refractivity contribution < 1.29 is 13.2 Å². The minimum Gasteiger partial charge on any atom is -0.333 e. The van der Waals surface area contributed by atoms with Gasteiger partial charge in [0, 0.05) is 44.3 Å². The molecule has 0 radical (unpaired) electrons. The summed E-state index contributed by atoms with van der Waals surface area (Å²) in [5.41, 5.74) is 0.758. The molecule has 1 aromatic carbocycles. The zero-order valence-corrected chi connectivity index (χ0v) is 18.3. The van der Waals surface area contributed by atoms with E-state index < -0.39 is 10.2 Å². The summed E-state index contributed by atoms with van der Waals surface area (Å²) >= 11 is 5.92. The molecule has 1 saturated heterocycles. The van der Waals surface area contributed by atoms with Crippen molar-refractivity contribution in [2.45, 2.75) is 20.8 Å². The number of carbonyl (C=O) groups excluding carboxylic acids is 1. The summed E-state index contributed by atoms with van der Waals surface area (Å²) < 4.78 is 29.7. The molecule has 0 aliphatic carbocycles. The summed E-state index contributed by atoms with van der Waals surface area (Å²) in [7, 11) is -3.50. The van der Waals surface area contributed by atoms with Crippen molar-refractivity contribution in [1.29, 1.82) is 0 Å². The molecule has 0 unspecified atom stereocenters. The zero-order chi connectivity index (χ0) is 21.2. The minimum atomic E-state index is -3.50. The Morgan fingerprint density at radius 1 is 1.10 bits per heavy atom. The maximum atomic E-state index is 12.8. The van der Waals surface area contributed by atoms with Crippen molar-refractivity contribution in [3.8, 4) is 5.69 Å². The summed E-state index contributed by atoms with van der Waals surface area (Å²) in [6, 6.07) is 7.09. The van der Waals surface area contributed by atoms with Gasteiger partial charge in [-0.2, -0.15) is 17.0 Å². The predicted molar refractivity (Wildman–Crippen MR) is 110 cm³/mol. The van der Waals surface area contributed by atoms with Crippen LogP contribution in [0.15, 0.2) is 24.3 Å². The highest BCUT2D eigenvalue weighted by Gasteiger charge is 2.33. The van der Waals surface area contributed by atoms with Gasteiger partial charge < -0.3 is 4.90 Å². The number of aryl methyl sites for hydroxylation is 1. The largest absolute Gasteiger partial charge is 0.333 e. The lowest BCUT2D eigenvalue weighted by Gasteiger charge is -2.35. The van der Waals surface area contributed by atoms with E-state index in [2.05, 4.69) is 10.1 Å². The summed E-state index contributed by atoms with van der Waals surface area (Å²) in [5, 5.41) is 4.95. The number of halogens is 1. The lowest BCUT2D eigenvalue weighted by atomic mass is 10.3. The summed E-state index contributed by atoms with van der Waals surface area (Å²) in [5.74, 6) is 0.372. The number of carbonyl (C=O) groups is 1. The van der Waals surface area contributed by atoms with Crippen LogP contribution in [0, 0.1) is 6.92 Å². The van der Waals surface area contributed by atoms with E-state index >= 15 is 0 Å². The number of nitrogens with zero attached hydrogens (tertiary/aromatic N) is 6. The summed E-state index contributed by atoms with van der Waals surface area (Å²) in [6.07, 6.45) is 0. The third-order valence-electron chi connectivity index (χ3n) is 4.92. The normalized spacial score (nSPS) is 15.8. The highest BCUT2D eigenvalue weighted by molar-refractivity contribution is 7.86. The third-order valence-corrected chi connectivity index (χ3v) is 7.35. The lowest BCUT2D eigenvalue weighted by molar-refractivity contribution is 0.0682. The fourth-order valence-electron chi connectivity index (χ4n) is 3.28. The Morgan fingerprint density at radius 2 is 1.69 bits per heavy atom. The van der Waals surface area contributed by atoms with E-state index in [-0.39, 0.29) is 24.8 Å². The Labute approximate surface area is 176 Å². The molecular weight excluding hydrogens is 416 g/mol. The number of rotatable bonds is 6. The van der Waals surface area contributed by atoms with Crippen LogP contribution in [-0.4, -0.2) is 81.9 Å². The number of hydrogen-bond donors (Lipinski definition) is 0. The van der Waals surface area contributed by atoms with E-state index in [1.807, 2.05) is 13.8 Å². The van der Waals surface area contributed by atoms with E-state index in [9.17, 15) is 13.2 Å². The quantitative estimate of drug-likeness (QED) is 0.680. The molecule has 0 bridgehead atoms. The molecule has 0 N–H and O–H groups in total.